The molecule has 1 amide bonds. The van der Waals surface area contributed by atoms with Crippen molar-refractivity contribution in [1.29, 1.82) is 0 Å². The number of nitrogens with one attached hydrogen (secondary N) is 1. The van der Waals surface area contributed by atoms with Crippen LogP contribution in [-0.4, -0.2) is 31.3 Å². The summed E-state index contributed by atoms with van der Waals surface area (Å²) in [5, 5.41) is 3.92. The Hall–Kier alpha value is -3.48. The van der Waals surface area contributed by atoms with E-state index in [1.807, 2.05) is 32.0 Å². The molecular weight excluding hydrogens is 432 g/mol. The number of ether oxygens (including phenoxy) is 3. The van der Waals surface area contributed by atoms with Gasteiger partial charge in [0.15, 0.2) is 11.5 Å². The summed E-state index contributed by atoms with van der Waals surface area (Å²) in [4.78, 5) is 26.2. The van der Waals surface area contributed by atoms with E-state index >= 15 is 0 Å². The van der Waals surface area contributed by atoms with Crippen LogP contribution in [-0.2, 0) is 13.1 Å². The quantitative estimate of drug-likeness (QED) is 0.409. The number of carbonyl (C=O) groups excluding carboxylic acids is 1. The number of benzene rings is 2. The molecule has 3 aromatic rings. The molecule has 3 rings (SSSR count). The van der Waals surface area contributed by atoms with E-state index in [2.05, 4.69) is 12.2 Å². The molecule has 0 bridgehead atoms. The molecule has 7 heteroatoms. The first kappa shape index (κ1) is 25.1. The van der Waals surface area contributed by atoms with Crippen LogP contribution in [0.25, 0.3) is 10.8 Å². The van der Waals surface area contributed by atoms with Gasteiger partial charge in [0.1, 0.15) is 5.75 Å². The van der Waals surface area contributed by atoms with Crippen molar-refractivity contribution in [3.63, 3.8) is 0 Å². The summed E-state index contributed by atoms with van der Waals surface area (Å²) in [6, 6.07) is 9.28. The highest BCUT2D eigenvalue weighted by molar-refractivity contribution is 6.07. The molecule has 2 aromatic carbocycles. The van der Waals surface area contributed by atoms with Crippen molar-refractivity contribution in [2.24, 2.45) is 0 Å². The Labute approximate surface area is 200 Å². The van der Waals surface area contributed by atoms with Gasteiger partial charge >= 0.3 is 0 Å². The molecule has 34 heavy (non-hydrogen) atoms. The lowest BCUT2D eigenvalue weighted by Crippen LogP contribution is -2.27. The zero-order valence-corrected chi connectivity index (χ0v) is 20.7. The Morgan fingerprint density at radius 2 is 1.68 bits per heavy atom. The third kappa shape index (κ3) is 5.53. The summed E-state index contributed by atoms with van der Waals surface area (Å²) in [5.74, 6) is 1.40. The maximum absolute atomic E-state index is 13.3. The van der Waals surface area contributed by atoms with Gasteiger partial charge in [0.2, 0.25) is 0 Å². The minimum absolute atomic E-state index is 0.184. The number of rotatable bonds is 11. The molecule has 1 aromatic heterocycles. The molecule has 182 valence electrons. The van der Waals surface area contributed by atoms with Crippen LogP contribution in [0.2, 0.25) is 0 Å². The maximum atomic E-state index is 13.3. The van der Waals surface area contributed by atoms with Crippen molar-refractivity contribution < 1.29 is 19.0 Å². The number of carbonyl (C=O) groups is 1. The molecule has 0 saturated heterocycles. The average molecular weight is 467 g/mol. The Kier molecular flexibility index (Phi) is 8.57. The van der Waals surface area contributed by atoms with Crippen LogP contribution < -0.4 is 25.1 Å². The number of nitrogens with zero attached hydrogens (tertiary/aromatic N) is 1. The molecule has 7 nitrogen and oxygen atoms in total. The van der Waals surface area contributed by atoms with Gasteiger partial charge in [0, 0.05) is 30.2 Å². The van der Waals surface area contributed by atoms with E-state index in [4.69, 9.17) is 14.2 Å². The molecule has 0 radical (unpaired) electrons. The first-order valence-corrected chi connectivity index (χ1v) is 11.7. The zero-order chi connectivity index (χ0) is 24.7. The second kappa shape index (κ2) is 11.6. The lowest BCUT2D eigenvalue weighted by molar-refractivity contribution is 0.0951. The molecular formula is C27H34N2O5. The fourth-order valence-electron chi connectivity index (χ4n) is 3.88. The van der Waals surface area contributed by atoms with Gasteiger partial charge in [-0.05, 0) is 44.0 Å². The number of hydrogen-bond donors (Lipinski definition) is 1. The minimum atomic E-state index is -0.281. The smallest absolute Gasteiger partial charge is 0.258 e. The molecule has 0 saturated carbocycles. The molecule has 0 unspecified atom stereocenters. The standard InChI is InChI=1S/C27H34N2O5/c1-6-8-9-12-34-23-13-18(3)10-11-19(23)16-28-26(30)22-17-29(7-2)27(31)21-15-25(33-5)24(32-4)14-20(21)22/h10-11,13-15,17H,6-9,12,16H2,1-5H3,(H,28,30). The Morgan fingerprint density at radius 1 is 0.971 bits per heavy atom. The number of pyridine rings is 1. The van der Waals surface area contributed by atoms with Crippen molar-refractivity contribution in [3.05, 3.63) is 63.6 Å². The number of aromatic nitrogens is 1. The maximum Gasteiger partial charge on any atom is 0.258 e. The van der Waals surface area contributed by atoms with Crippen molar-refractivity contribution in [2.75, 3.05) is 20.8 Å². The van der Waals surface area contributed by atoms with Gasteiger partial charge in [-0.15, -0.1) is 0 Å². The third-order valence-electron chi connectivity index (χ3n) is 5.84. The summed E-state index contributed by atoms with van der Waals surface area (Å²) < 4.78 is 18.3. The molecule has 0 aliphatic carbocycles. The first-order valence-electron chi connectivity index (χ1n) is 11.7. The van der Waals surface area contributed by atoms with E-state index in [1.54, 1.807) is 18.3 Å². The predicted molar refractivity (Wildman–Crippen MR) is 134 cm³/mol. The monoisotopic (exact) mass is 466 g/mol. The molecule has 1 heterocycles. The second-order valence-corrected chi connectivity index (χ2v) is 8.24. The zero-order valence-electron chi connectivity index (χ0n) is 20.7. The van der Waals surface area contributed by atoms with Gasteiger partial charge in [-0.2, -0.15) is 0 Å². The van der Waals surface area contributed by atoms with Crippen molar-refractivity contribution >= 4 is 16.7 Å². The number of amides is 1. The SMILES string of the molecule is CCCCCOc1cc(C)ccc1CNC(=O)c1cn(CC)c(=O)c2cc(OC)c(OC)cc12. The topological polar surface area (TPSA) is 78.8 Å². The lowest BCUT2D eigenvalue weighted by Gasteiger charge is -2.16. The van der Waals surface area contributed by atoms with E-state index in [0.29, 0.717) is 47.5 Å². The number of aryl methyl sites for hydroxylation is 2. The van der Waals surface area contributed by atoms with Gasteiger partial charge < -0.3 is 24.1 Å². The fourth-order valence-corrected chi connectivity index (χ4v) is 3.88. The van der Waals surface area contributed by atoms with E-state index in [1.165, 1.54) is 18.8 Å². The average Bonchev–Trinajstić information content (AvgIpc) is 2.85. The summed E-state index contributed by atoms with van der Waals surface area (Å²) in [5.41, 5.74) is 2.22. The fraction of sp³-hybridized carbons (Fsp3) is 0.407. The first-order chi connectivity index (χ1) is 16.4. The van der Waals surface area contributed by atoms with Crippen LogP contribution in [0.5, 0.6) is 17.2 Å². The van der Waals surface area contributed by atoms with Crippen LogP contribution in [0.3, 0.4) is 0 Å². The second-order valence-electron chi connectivity index (χ2n) is 8.24. The van der Waals surface area contributed by atoms with Gasteiger partial charge in [0.05, 0.1) is 31.8 Å². The van der Waals surface area contributed by atoms with Crippen LogP contribution >= 0.6 is 0 Å². The molecule has 0 fully saturated rings. The van der Waals surface area contributed by atoms with E-state index < -0.39 is 0 Å². The molecule has 0 spiro atoms. The van der Waals surface area contributed by atoms with Crippen LogP contribution in [0.4, 0.5) is 0 Å². The molecule has 0 aliphatic heterocycles. The highest BCUT2D eigenvalue weighted by Crippen LogP contribution is 2.32. The van der Waals surface area contributed by atoms with Gasteiger partial charge in [-0.1, -0.05) is 31.9 Å². The Morgan fingerprint density at radius 3 is 2.32 bits per heavy atom. The van der Waals surface area contributed by atoms with E-state index in [9.17, 15) is 9.59 Å². The summed E-state index contributed by atoms with van der Waals surface area (Å²) in [6.07, 6.45) is 4.84. The third-order valence-corrected chi connectivity index (χ3v) is 5.84. The molecule has 0 atom stereocenters. The highest BCUT2D eigenvalue weighted by Gasteiger charge is 2.18. The highest BCUT2D eigenvalue weighted by atomic mass is 16.5. The van der Waals surface area contributed by atoms with Gasteiger partial charge in [-0.25, -0.2) is 0 Å². The minimum Gasteiger partial charge on any atom is -0.493 e. The normalized spacial score (nSPS) is 10.9. The lowest BCUT2D eigenvalue weighted by atomic mass is 10.0. The van der Waals surface area contributed by atoms with E-state index in [-0.39, 0.29) is 11.5 Å². The predicted octanol–water partition coefficient (Wildman–Crippen LogP) is 4.85. The van der Waals surface area contributed by atoms with Crippen molar-refractivity contribution in [2.45, 2.75) is 53.1 Å². The number of methoxy groups -OCH3 is 2. The van der Waals surface area contributed by atoms with Gasteiger partial charge in [0.25, 0.3) is 11.5 Å². The summed E-state index contributed by atoms with van der Waals surface area (Å²) in [7, 11) is 3.04. The summed E-state index contributed by atoms with van der Waals surface area (Å²) in [6.45, 7) is 7.43. The van der Waals surface area contributed by atoms with Gasteiger partial charge in [-0.3, -0.25) is 9.59 Å². The largest absolute Gasteiger partial charge is 0.493 e. The van der Waals surface area contributed by atoms with E-state index in [0.717, 1.165) is 36.1 Å². The summed E-state index contributed by atoms with van der Waals surface area (Å²) >= 11 is 0. The molecule has 0 aliphatic rings. The number of fused-ring (bicyclic) bond motifs is 1. The number of unbranched alkanes of at least 4 members (excludes halogenated alkanes) is 2. The van der Waals surface area contributed by atoms with Crippen molar-refractivity contribution in [3.8, 4) is 17.2 Å². The molecule has 1 N–H and O–H groups in total. The van der Waals surface area contributed by atoms with Crippen LogP contribution in [0.15, 0.2) is 41.3 Å². The van der Waals surface area contributed by atoms with Crippen LogP contribution in [0, 0.1) is 6.92 Å². The Bertz CT molecular complexity index is 1220. The van der Waals surface area contributed by atoms with Crippen LogP contribution in [0.1, 0.15) is 54.6 Å². The number of hydrogen-bond acceptors (Lipinski definition) is 5. The Balaban J connectivity index is 1.92. The van der Waals surface area contributed by atoms with Crippen molar-refractivity contribution in [1.82, 2.24) is 9.88 Å².